The van der Waals surface area contributed by atoms with Crippen LogP contribution in [0.3, 0.4) is 0 Å². The molecule has 4 aliphatic rings. The molecule has 0 aromatic carbocycles. The average Bonchev–Trinajstić information content (AvgIpc) is 2.97. The molecule has 3 nitrogen and oxygen atoms in total. The van der Waals surface area contributed by atoms with Crippen LogP contribution in [0.4, 0.5) is 0 Å². The fraction of sp³-hybridized carbons (Fsp3) is 0.778. The van der Waals surface area contributed by atoms with Crippen molar-refractivity contribution in [3.8, 4) is 0 Å². The zero-order valence-corrected chi connectivity index (χ0v) is 13.0. The van der Waals surface area contributed by atoms with Gasteiger partial charge in [0.05, 0.1) is 6.10 Å². The monoisotopic (exact) mass is 288 g/mol. The van der Waals surface area contributed by atoms with E-state index >= 15 is 0 Å². The molecule has 3 saturated carbocycles. The fourth-order valence-corrected chi connectivity index (χ4v) is 6.07. The van der Waals surface area contributed by atoms with Crippen molar-refractivity contribution < 1.29 is 14.7 Å². The number of aliphatic hydroxyl groups excluding tert-OH is 1. The van der Waals surface area contributed by atoms with Crippen LogP contribution in [-0.4, -0.2) is 22.8 Å². The van der Waals surface area contributed by atoms with Gasteiger partial charge in [-0.25, -0.2) is 0 Å². The zero-order valence-electron chi connectivity index (χ0n) is 13.0. The van der Waals surface area contributed by atoms with Gasteiger partial charge >= 0.3 is 0 Å². The number of allylic oxidation sites excluding steroid dienone is 2. The standard InChI is InChI=1S/C18H24O3/c1-8-4-5-9(2)18(3)15(8)16(20)13-10-6-11(12(19)7-10)14(13)17(18)21/h4-5,8-15,19H,6-7H2,1-3H3/t8-,9+,10-,11+,12+,13?,14?,15-,18+/m0/s1. The summed E-state index contributed by atoms with van der Waals surface area (Å²) in [7, 11) is 0. The second kappa shape index (κ2) is 4.07. The summed E-state index contributed by atoms with van der Waals surface area (Å²) in [5.74, 6) is 0.603. The van der Waals surface area contributed by atoms with Gasteiger partial charge in [-0.15, -0.1) is 0 Å². The minimum atomic E-state index is -0.573. The highest BCUT2D eigenvalue weighted by atomic mass is 16.3. The first-order valence-corrected chi connectivity index (χ1v) is 8.31. The molecule has 3 fully saturated rings. The minimum Gasteiger partial charge on any atom is -0.393 e. The molecule has 1 N–H and O–H groups in total. The number of hydrogen-bond acceptors (Lipinski definition) is 3. The predicted molar refractivity (Wildman–Crippen MR) is 78.3 cm³/mol. The topological polar surface area (TPSA) is 54.4 Å². The van der Waals surface area contributed by atoms with E-state index in [4.69, 9.17) is 0 Å². The van der Waals surface area contributed by atoms with Gasteiger partial charge in [0, 0.05) is 23.2 Å². The van der Waals surface area contributed by atoms with E-state index in [1.54, 1.807) is 0 Å². The summed E-state index contributed by atoms with van der Waals surface area (Å²) in [6, 6.07) is 0. The highest BCUT2D eigenvalue weighted by Gasteiger charge is 2.67. The second-order valence-corrected chi connectivity index (χ2v) is 8.07. The van der Waals surface area contributed by atoms with Crippen LogP contribution in [0, 0.1) is 46.8 Å². The van der Waals surface area contributed by atoms with Gasteiger partial charge in [-0.3, -0.25) is 9.59 Å². The normalized spacial score (nSPS) is 58.3. The molecule has 21 heavy (non-hydrogen) atoms. The lowest BCUT2D eigenvalue weighted by Gasteiger charge is -2.53. The first-order chi connectivity index (χ1) is 9.87. The Morgan fingerprint density at radius 2 is 1.86 bits per heavy atom. The molecule has 2 bridgehead atoms. The number of fused-ring (bicyclic) bond motifs is 6. The van der Waals surface area contributed by atoms with Crippen molar-refractivity contribution in [1.82, 2.24) is 0 Å². The molecule has 0 amide bonds. The van der Waals surface area contributed by atoms with E-state index in [1.165, 1.54) is 0 Å². The van der Waals surface area contributed by atoms with E-state index in [0.717, 1.165) is 6.42 Å². The summed E-state index contributed by atoms with van der Waals surface area (Å²) < 4.78 is 0. The lowest BCUT2D eigenvalue weighted by Crippen LogP contribution is -2.61. The van der Waals surface area contributed by atoms with Gasteiger partial charge < -0.3 is 5.11 Å². The molecule has 9 atom stereocenters. The van der Waals surface area contributed by atoms with Crippen LogP contribution in [0.5, 0.6) is 0 Å². The van der Waals surface area contributed by atoms with E-state index in [0.29, 0.717) is 12.2 Å². The largest absolute Gasteiger partial charge is 0.393 e. The van der Waals surface area contributed by atoms with Crippen molar-refractivity contribution in [2.24, 2.45) is 46.8 Å². The molecule has 0 aromatic heterocycles. The first kappa shape index (κ1) is 13.7. The Morgan fingerprint density at radius 1 is 1.14 bits per heavy atom. The van der Waals surface area contributed by atoms with E-state index in [2.05, 4.69) is 26.0 Å². The third-order valence-corrected chi connectivity index (χ3v) is 7.26. The zero-order chi connectivity index (χ0) is 15.1. The molecular formula is C18H24O3. The highest BCUT2D eigenvalue weighted by Crippen LogP contribution is 2.62. The number of aliphatic hydroxyl groups is 1. The maximum Gasteiger partial charge on any atom is 0.144 e. The predicted octanol–water partition coefficient (Wildman–Crippen LogP) is 2.24. The summed E-state index contributed by atoms with van der Waals surface area (Å²) in [6.45, 7) is 6.13. The molecule has 4 rings (SSSR count). The SMILES string of the molecule is C[C@@H]1C=C[C@H](C)[C@H]2C(=O)C3C(C(=O)[C@]12C)[C@@H]1C[C@H]3C[C@H]1O. The van der Waals surface area contributed by atoms with Gasteiger partial charge in [-0.05, 0) is 36.5 Å². The van der Waals surface area contributed by atoms with Gasteiger partial charge in [-0.1, -0.05) is 32.9 Å². The molecule has 114 valence electrons. The molecule has 0 spiro atoms. The highest BCUT2D eigenvalue weighted by molar-refractivity contribution is 6.03. The van der Waals surface area contributed by atoms with Crippen LogP contribution < -0.4 is 0 Å². The summed E-state index contributed by atoms with van der Waals surface area (Å²) in [4.78, 5) is 26.5. The Hall–Kier alpha value is -0.960. The molecule has 0 aliphatic heterocycles. The molecule has 0 heterocycles. The first-order valence-electron chi connectivity index (χ1n) is 8.31. The summed E-state index contributed by atoms with van der Waals surface area (Å²) in [5.41, 5.74) is -0.573. The van der Waals surface area contributed by atoms with Crippen LogP contribution in [-0.2, 0) is 9.59 Å². The molecular weight excluding hydrogens is 264 g/mol. The minimum absolute atomic E-state index is 0.0302. The Labute approximate surface area is 125 Å². The quantitative estimate of drug-likeness (QED) is 0.696. The maximum absolute atomic E-state index is 13.3. The van der Waals surface area contributed by atoms with Crippen molar-refractivity contribution >= 4 is 11.6 Å². The van der Waals surface area contributed by atoms with E-state index in [-0.39, 0.29) is 53.3 Å². The molecule has 3 heteroatoms. The van der Waals surface area contributed by atoms with E-state index in [1.807, 2.05) is 6.92 Å². The summed E-state index contributed by atoms with van der Waals surface area (Å²) >= 11 is 0. The van der Waals surface area contributed by atoms with Crippen LogP contribution >= 0.6 is 0 Å². The van der Waals surface area contributed by atoms with Crippen molar-refractivity contribution in [1.29, 1.82) is 0 Å². The molecule has 4 aliphatic carbocycles. The fourth-order valence-electron chi connectivity index (χ4n) is 6.07. The van der Waals surface area contributed by atoms with Crippen molar-refractivity contribution in [3.05, 3.63) is 12.2 Å². The molecule has 2 unspecified atom stereocenters. The number of rotatable bonds is 0. The van der Waals surface area contributed by atoms with Gasteiger partial charge in [0.2, 0.25) is 0 Å². The molecule has 0 aromatic rings. The lowest BCUT2D eigenvalue weighted by atomic mass is 9.48. The summed E-state index contributed by atoms with van der Waals surface area (Å²) in [6.07, 6.45) is 5.43. The Balaban J connectivity index is 1.84. The molecule has 0 saturated heterocycles. The third kappa shape index (κ3) is 1.44. The Morgan fingerprint density at radius 3 is 2.57 bits per heavy atom. The van der Waals surface area contributed by atoms with Gasteiger partial charge in [-0.2, -0.15) is 0 Å². The number of carbonyl (C=O) groups is 2. The number of Topliss-reactive ketones (excluding diaryl/α,β-unsaturated/α-hetero) is 2. The molecule has 0 radical (unpaired) electrons. The number of hydrogen-bond donors (Lipinski definition) is 1. The van der Waals surface area contributed by atoms with Gasteiger partial charge in [0.25, 0.3) is 0 Å². The van der Waals surface area contributed by atoms with Crippen molar-refractivity contribution in [2.45, 2.75) is 39.7 Å². The van der Waals surface area contributed by atoms with E-state index in [9.17, 15) is 14.7 Å². The lowest BCUT2D eigenvalue weighted by molar-refractivity contribution is -0.164. The second-order valence-electron chi connectivity index (χ2n) is 8.07. The van der Waals surface area contributed by atoms with E-state index < -0.39 is 5.41 Å². The third-order valence-electron chi connectivity index (χ3n) is 7.26. The van der Waals surface area contributed by atoms with Gasteiger partial charge in [0.15, 0.2) is 0 Å². The van der Waals surface area contributed by atoms with Crippen molar-refractivity contribution in [3.63, 3.8) is 0 Å². The number of ketones is 2. The van der Waals surface area contributed by atoms with Crippen LogP contribution in [0.1, 0.15) is 33.6 Å². The average molecular weight is 288 g/mol. The maximum atomic E-state index is 13.3. The van der Waals surface area contributed by atoms with Crippen LogP contribution in [0.2, 0.25) is 0 Å². The number of carbonyl (C=O) groups excluding carboxylic acids is 2. The van der Waals surface area contributed by atoms with Gasteiger partial charge in [0.1, 0.15) is 11.6 Å². The van der Waals surface area contributed by atoms with Crippen LogP contribution in [0.25, 0.3) is 0 Å². The summed E-state index contributed by atoms with van der Waals surface area (Å²) in [5, 5.41) is 10.2. The van der Waals surface area contributed by atoms with Crippen LogP contribution in [0.15, 0.2) is 12.2 Å². The smallest absolute Gasteiger partial charge is 0.144 e. The Bertz CT molecular complexity index is 551. The van der Waals surface area contributed by atoms with Crippen molar-refractivity contribution in [2.75, 3.05) is 0 Å². The Kier molecular flexibility index (Phi) is 2.65.